The molecule has 2 atom stereocenters. The summed E-state index contributed by atoms with van der Waals surface area (Å²) in [7, 11) is -4.07. The maximum absolute atomic E-state index is 12.4. The smallest absolute Gasteiger partial charge is 0.421 e. The summed E-state index contributed by atoms with van der Waals surface area (Å²) in [5.41, 5.74) is 0.602. The fourth-order valence-electron chi connectivity index (χ4n) is 3.68. The van der Waals surface area contributed by atoms with Crippen LogP contribution in [0.1, 0.15) is 65.5 Å². The Hall–Kier alpha value is -3.41. The number of rotatable bonds is 7. The maximum atomic E-state index is 12.4. The van der Waals surface area contributed by atoms with Gasteiger partial charge in [-0.15, -0.1) is 0 Å². The number of hydrogen-bond donors (Lipinski definition) is 3. The summed E-state index contributed by atoms with van der Waals surface area (Å²) < 4.78 is 37.2. The third-order valence-electron chi connectivity index (χ3n) is 5.21. The summed E-state index contributed by atoms with van der Waals surface area (Å²) in [6.07, 6.45) is 4.02. The van der Waals surface area contributed by atoms with Gasteiger partial charge in [0.25, 0.3) is 10.0 Å². The Morgan fingerprint density at radius 3 is 2.31 bits per heavy atom. The molecule has 36 heavy (non-hydrogen) atoms. The lowest BCUT2D eigenvalue weighted by Crippen LogP contribution is -2.36. The second-order valence-corrected chi connectivity index (χ2v) is 11.6. The first-order valence-corrected chi connectivity index (χ1v) is 13.2. The Kier molecular flexibility index (Phi) is 8.39. The van der Waals surface area contributed by atoms with E-state index in [-0.39, 0.29) is 23.0 Å². The predicted molar refractivity (Wildman–Crippen MR) is 133 cm³/mol. The van der Waals surface area contributed by atoms with E-state index in [1.807, 2.05) is 18.6 Å². The van der Waals surface area contributed by atoms with Gasteiger partial charge in [0.05, 0.1) is 23.0 Å². The van der Waals surface area contributed by atoms with Crippen LogP contribution in [0.2, 0.25) is 0 Å². The van der Waals surface area contributed by atoms with Crippen LogP contribution < -0.4 is 15.4 Å². The van der Waals surface area contributed by atoms with Crippen LogP contribution in [0, 0.1) is 0 Å². The molecule has 1 aliphatic rings. The first-order chi connectivity index (χ1) is 16.8. The summed E-state index contributed by atoms with van der Waals surface area (Å²) in [6, 6.07) is 5.87. The van der Waals surface area contributed by atoms with Crippen molar-refractivity contribution in [2.75, 3.05) is 5.32 Å². The van der Waals surface area contributed by atoms with Crippen LogP contribution in [-0.2, 0) is 19.5 Å². The number of benzene rings is 1. The van der Waals surface area contributed by atoms with E-state index in [4.69, 9.17) is 9.47 Å². The minimum absolute atomic E-state index is 0.0233. The number of amides is 2. The van der Waals surface area contributed by atoms with Crippen molar-refractivity contribution in [3.63, 3.8) is 0 Å². The first kappa shape index (κ1) is 27.2. The Balaban J connectivity index is 1.55. The number of sulfonamides is 1. The molecule has 0 bridgehead atoms. The molecule has 1 heterocycles. The molecule has 1 aromatic heterocycles. The van der Waals surface area contributed by atoms with Crippen LogP contribution >= 0.6 is 0 Å². The van der Waals surface area contributed by atoms with Crippen molar-refractivity contribution in [1.82, 2.24) is 20.0 Å². The monoisotopic (exact) mass is 519 g/mol. The van der Waals surface area contributed by atoms with Gasteiger partial charge in [-0.2, -0.15) is 0 Å². The highest BCUT2D eigenvalue weighted by atomic mass is 32.2. The molecule has 2 aromatic rings. The van der Waals surface area contributed by atoms with Crippen LogP contribution in [0.5, 0.6) is 0 Å². The number of ether oxygens (including phenoxy) is 2. The highest BCUT2D eigenvalue weighted by Gasteiger charge is 2.30. The number of aromatic nitrogens is 2. The maximum Gasteiger partial charge on any atom is 0.421 e. The molecule has 0 unspecified atom stereocenters. The zero-order valence-electron chi connectivity index (χ0n) is 21.1. The molecule has 12 heteroatoms. The molecule has 1 fully saturated rings. The molecule has 1 aromatic carbocycles. The highest BCUT2D eigenvalue weighted by molar-refractivity contribution is 7.90. The zero-order valence-corrected chi connectivity index (χ0v) is 21.9. The average Bonchev–Trinajstić information content (AvgIpc) is 3.20. The summed E-state index contributed by atoms with van der Waals surface area (Å²) in [5.74, 6) is 0.647. The van der Waals surface area contributed by atoms with Gasteiger partial charge in [0.2, 0.25) is 0 Å². The lowest BCUT2D eigenvalue weighted by molar-refractivity contribution is 0.0570. The van der Waals surface area contributed by atoms with Crippen LogP contribution in [0.15, 0.2) is 41.6 Å². The normalized spacial score (nSPS) is 17.9. The lowest BCUT2D eigenvalue weighted by atomic mass is 10.0. The Morgan fingerprint density at radius 2 is 1.72 bits per heavy atom. The Bertz CT molecular complexity index is 1160. The molecule has 3 N–H and O–H groups in total. The third kappa shape index (κ3) is 8.08. The molecule has 1 aliphatic carbocycles. The zero-order chi connectivity index (χ0) is 26.5. The molecule has 0 radical (unpaired) electrons. The number of nitrogens with zero attached hydrogens (tertiary/aromatic N) is 2. The molecule has 2 amide bonds. The van der Waals surface area contributed by atoms with Crippen LogP contribution in [-0.4, -0.2) is 48.3 Å². The van der Waals surface area contributed by atoms with Gasteiger partial charge in [-0.25, -0.2) is 27.7 Å². The topological polar surface area (TPSA) is 149 Å². The molecule has 3 rings (SSSR count). The van der Waals surface area contributed by atoms with Crippen LogP contribution in [0.3, 0.4) is 0 Å². The van der Waals surface area contributed by atoms with Crippen molar-refractivity contribution in [3.8, 4) is 0 Å². The van der Waals surface area contributed by atoms with Crippen molar-refractivity contribution in [2.45, 2.75) is 82.4 Å². The van der Waals surface area contributed by atoms with E-state index in [1.165, 1.54) is 12.1 Å². The van der Waals surface area contributed by atoms with E-state index >= 15 is 0 Å². The average molecular weight is 520 g/mol. The largest absolute Gasteiger partial charge is 0.446 e. The SMILES string of the molecule is CC(C)NC(=O)O[C@@H]1CC[C@H](c2cnc(Nc3ccc(S(=O)(=O)NC(=O)OC(C)(C)C)cc3)cn2)C1. The quantitative estimate of drug-likeness (QED) is 0.489. The third-order valence-corrected chi connectivity index (χ3v) is 6.54. The molecule has 0 aliphatic heterocycles. The Morgan fingerprint density at radius 1 is 1.03 bits per heavy atom. The van der Waals surface area contributed by atoms with Crippen molar-refractivity contribution in [3.05, 3.63) is 42.4 Å². The number of alkyl carbamates (subject to hydrolysis) is 1. The van der Waals surface area contributed by atoms with Crippen molar-refractivity contribution >= 4 is 33.7 Å². The van der Waals surface area contributed by atoms with Gasteiger partial charge >= 0.3 is 12.2 Å². The van der Waals surface area contributed by atoms with Crippen molar-refractivity contribution in [1.29, 1.82) is 0 Å². The van der Waals surface area contributed by atoms with Gasteiger partial charge in [-0.3, -0.25) is 4.98 Å². The van der Waals surface area contributed by atoms with E-state index < -0.39 is 27.8 Å². The van der Waals surface area contributed by atoms with E-state index in [1.54, 1.807) is 45.3 Å². The Labute approximate surface area is 211 Å². The van der Waals surface area contributed by atoms with Gasteiger partial charge in [0, 0.05) is 17.6 Å². The fraction of sp³-hybridized carbons (Fsp3) is 0.500. The van der Waals surface area contributed by atoms with Gasteiger partial charge in [0.1, 0.15) is 17.5 Å². The minimum atomic E-state index is -4.07. The van der Waals surface area contributed by atoms with Crippen molar-refractivity contribution < 1.29 is 27.5 Å². The highest BCUT2D eigenvalue weighted by Crippen LogP contribution is 2.35. The van der Waals surface area contributed by atoms with Gasteiger partial charge in [0.15, 0.2) is 0 Å². The first-order valence-electron chi connectivity index (χ1n) is 11.7. The molecule has 1 saturated carbocycles. The van der Waals surface area contributed by atoms with E-state index in [0.717, 1.165) is 18.5 Å². The lowest BCUT2D eigenvalue weighted by Gasteiger charge is -2.19. The van der Waals surface area contributed by atoms with E-state index in [2.05, 4.69) is 20.6 Å². The number of carbonyl (C=O) groups excluding carboxylic acids is 2. The summed E-state index contributed by atoms with van der Waals surface area (Å²) in [5, 5.41) is 5.80. The fourth-order valence-corrected chi connectivity index (χ4v) is 4.56. The van der Waals surface area contributed by atoms with E-state index in [9.17, 15) is 18.0 Å². The molecule has 11 nitrogen and oxygen atoms in total. The number of anilines is 2. The van der Waals surface area contributed by atoms with Gasteiger partial charge in [-0.05, 0) is 78.1 Å². The predicted octanol–water partition coefficient (Wildman–Crippen LogP) is 4.20. The summed E-state index contributed by atoms with van der Waals surface area (Å²) in [6.45, 7) is 8.68. The van der Waals surface area contributed by atoms with Gasteiger partial charge < -0.3 is 20.1 Å². The molecule has 196 valence electrons. The number of hydrogen-bond acceptors (Lipinski definition) is 9. The van der Waals surface area contributed by atoms with Crippen LogP contribution in [0.4, 0.5) is 21.1 Å². The summed E-state index contributed by atoms with van der Waals surface area (Å²) >= 11 is 0. The standard InChI is InChI=1S/C24H33N5O6S/c1-15(2)27-22(30)34-18-9-6-16(12-18)20-13-26-21(14-25-20)28-17-7-10-19(11-8-17)36(32,33)29-23(31)35-24(3,4)5/h7-8,10-11,13-16,18H,6,9,12H2,1-5H3,(H,26,28)(H,27,30)(H,29,31)/t16-,18+/m0/s1. The summed E-state index contributed by atoms with van der Waals surface area (Å²) in [4.78, 5) is 32.5. The molecule has 0 spiro atoms. The van der Waals surface area contributed by atoms with Crippen molar-refractivity contribution in [2.24, 2.45) is 0 Å². The second-order valence-electron chi connectivity index (χ2n) is 9.92. The number of carbonyl (C=O) groups is 2. The molecule has 0 saturated heterocycles. The minimum Gasteiger partial charge on any atom is -0.446 e. The number of nitrogens with one attached hydrogen (secondary N) is 3. The molecular weight excluding hydrogens is 486 g/mol. The van der Waals surface area contributed by atoms with E-state index in [0.29, 0.717) is 17.9 Å². The second kappa shape index (κ2) is 11.1. The molecular formula is C24H33N5O6S. The van der Waals surface area contributed by atoms with Gasteiger partial charge in [-0.1, -0.05) is 0 Å². The van der Waals surface area contributed by atoms with Crippen LogP contribution in [0.25, 0.3) is 0 Å².